The van der Waals surface area contributed by atoms with E-state index in [9.17, 15) is 4.79 Å². The number of rotatable bonds is 7. The Hall–Kier alpha value is -1.39. The first kappa shape index (κ1) is 13.7. The molecule has 4 heteroatoms. The van der Waals surface area contributed by atoms with Crippen LogP contribution >= 0.6 is 0 Å². The highest BCUT2D eigenvalue weighted by atomic mass is 16.5. The van der Waals surface area contributed by atoms with Crippen LogP contribution in [-0.2, 0) is 14.3 Å². The largest absolute Gasteiger partial charge is 0.481 e. The Bertz CT molecular complexity index is 337. The predicted octanol–water partition coefficient (Wildman–Crippen LogP) is 1.91. The molecular weight excluding hydrogens is 220 g/mol. The van der Waals surface area contributed by atoms with E-state index < -0.39 is 11.9 Å². The molecule has 0 saturated heterocycles. The molecule has 0 aliphatic heterocycles. The molecule has 2 atom stereocenters. The first-order valence-electron chi connectivity index (χ1n) is 5.53. The van der Waals surface area contributed by atoms with Crippen LogP contribution in [0, 0.1) is 0 Å². The molecule has 2 unspecified atom stereocenters. The fraction of sp³-hybridized carbons (Fsp3) is 0.462. The minimum absolute atomic E-state index is 0.106. The van der Waals surface area contributed by atoms with Gasteiger partial charge in [0.2, 0.25) is 0 Å². The number of benzene rings is 1. The Labute approximate surface area is 101 Å². The van der Waals surface area contributed by atoms with Crippen molar-refractivity contribution in [3.05, 3.63) is 35.9 Å². The molecule has 1 rings (SSSR count). The molecule has 1 aromatic rings. The van der Waals surface area contributed by atoms with Crippen LogP contribution in [0.15, 0.2) is 30.3 Å². The van der Waals surface area contributed by atoms with Crippen LogP contribution in [0.2, 0.25) is 0 Å². The molecule has 0 spiro atoms. The first-order chi connectivity index (χ1) is 8.15. The molecule has 4 nitrogen and oxygen atoms in total. The number of ether oxygens (including phenoxy) is 2. The molecule has 0 heterocycles. The van der Waals surface area contributed by atoms with Crippen molar-refractivity contribution < 1.29 is 19.4 Å². The first-order valence-corrected chi connectivity index (χ1v) is 5.53. The Morgan fingerprint density at radius 2 is 1.94 bits per heavy atom. The number of carboxylic acid groups (broad SMARTS) is 1. The van der Waals surface area contributed by atoms with Gasteiger partial charge in [0.15, 0.2) is 0 Å². The van der Waals surface area contributed by atoms with Gasteiger partial charge in [-0.25, -0.2) is 0 Å². The maximum atomic E-state index is 11.2. The average Bonchev–Trinajstić information content (AvgIpc) is 2.30. The van der Waals surface area contributed by atoms with Crippen molar-refractivity contribution in [1.82, 2.24) is 0 Å². The summed E-state index contributed by atoms with van der Waals surface area (Å²) in [5.74, 6) is -1.50. The van der Waals surface area contributed by atoms with E-state index in [4.69, 9.17) is 14.6 Å². The molecule has 0 amide bonds. The molecule has 1 N–H and O–H groups in total. The molecular formula is C13H18O4. The van der Waals surface area contributed by atoms with Gasteiger partial charge in [-0.1, -0.05) is 30.3 Å². The third-order valence-electron chi connectivity index (χ3n) is 2.45. The van der Waals surface area contributed by atoms with E-state index in [-0.39, 0.29) is 12.7 Å². The summed E-state index contributed by atoms with van der Waals surface area (Å²) in [4.78, 5) is 11.2. The average molecular weight is 238 g/mol. The number of aliphatic carboxylic acids is 1. The molecule has 0 saturated carbocycles. The lowest BCUT2D eigenvalue weighted by atomic mass is 10.0. The van der Waals surface area contributed by atoms with Gasteiger partial charge in [0.25, 0.3) is 0 Å². The normalized spacial score (nSPS) is 14.2. The minimum Gasteiger partial charge on any atom is -0.481 e. The molecule has 0 fully saturated rings. The van der Waals surface area contributed by atoms with Crippen LogP contribution < -0.4 is 0 Å². The Morgan fingerprint density at radius 1 is 1.29 bits per heavy atom. The van der Waals surface area contributed by atoms with E-state index in [2.05, 4.69) is 0 Å². The van der Waals surface area contributed by atoms with E-state index in [1.165, 1.54) is 0 Å². The van der Waals surface area contributed by atoms with Gasteiger partial charge >= 0.3 is 5.97 Å². The molecule has 1 aromatic carbocycles. The maximum Gasteiger partial charge on any atom is 0.313 e. The predicted molar refractivity (Wildman–Crippen MR) is 64.1 cm³/mol. The molecule has 0 bridgehead atoms. The van der Waals surface area contributed by atoms with Crippen molar-refractivity contribution in [2.24, 2.45) is 0 Å². The third-order valence-corrected chi connectivity index (χ3v) is 2.45. The van der Waals surface area contributed by atoms with Crippen LogP contribution in [0.1, 0.15) is 18.4 Å². The van der Waals surface area contributed by atoms with E-state index in [0.29, 0.717) is 6.61 Å². The molecule has 0 aliphatic carbocycles. The SMILES string of the molecule is COCC(C)OCC(C(=O)O)c1ccccc1. The van der Waals surface area contributed by atoms with Crippen molar-refractivity contribution in [2.45, 2.75) is 18.9 Å². The summed E-state index contributed by atoms with van der Waals surface area (Å²) in [6.07, 6.45) is -0.106. The van der Waals surface area contributed by atoms with Gasteiger partial charge in [0, 0.05) is 7.11 Å². The lowest BCUT2D eigenvalue weighted by Crippen LogP contribution is -2.23. The smallest absolute Gasteiger partial charge is 0.313 e. The van der Waals surface area contributed by atoms with Crippen LogP contribution in [0.3, 0.4) is 0 Å². The van der Waals surface area contributed by atoms with Gasteiger partial charge < -0.3 is 14.6 Å². The number of carbonyl (C=O) groups is 1. The lowest BCUT2D eigenvalue weighted by Gasteiger charge is -2.17. The highest BCUT2D eigenvalue weighted by molar-refractivity contribution is 5.76. The maximum absolute atomic E-state index is 11.2. The van der Waals surface area contributed by atoms with Gasteiger partial charge in [0.05, 0.1) is 19.3 Å². The van der Waals surface area contributed by atoms with Crippen LogP contribution in [0.25, 0.3) is 0 Å². The van der Waals surface area contributed by atoms with E-state index in [0.717, 1.165) is 5.56 Å². The zero-order valence-electron chi connectivity index (χ0n) is 10.1. The summed E-state index contributed by atoms with van der Waals surface area (Å²) in [5.41, 5.74) is 0.754. The second kappa shape index (κ2) is 7.04. The van der Waals surface area contributed by atoms with E-state index in [1.54, 1.807) is 19.2 Å². The monoisotopic (exact) mass is 238 g/mol. The van der Waals surface area contributed by atoms with Crippen molar-refractivity contribution in [1.29, 1.82) is 0 Å². The quantitative estimate of drug-likeness (QED) is 0.788. The summed E-state index contributed by atoms with van der Waals surface area (Å²) in [6, 6.07) is 9.09. The van der Waals surface area contributed by atoms with Gasteiger partial charge in [-0.2, -0.15) is 0 Å². The number of hydrogen-bond acceptors (Lipinski definition) is 3. The molecule has 0 aliphatic rings. The molecule has 17 heavy (non-hydrogen) atoms. The zero-order chi connectivity index (χ0) is 12.7. The number of methoxy groups -OCH3 is 1. The Balaban J connectivity index is 2.59. The number of carboxylic acids is 1. The van der Waals surface area contributed by atoms with Crippen LogP contribution in [0.5, 0.6) is 0 Å². The fourth-order valence-electron chi connectivity index (χ4n) is 1.54. The van der Waals surface area contributed by atoms with Gasteiger partial charge in [0.1, 0.15) is 5.92 Å². The summed E-state index contributed by atoms with van der Waals surface area (Å²) < 4.78 is 10.4. The van der Waals surface area contributed by atoms with Crippen LogP contribution in [0.4, 0.5) is 0 Å². The second-order valence-electron chi connectivity index (χ2n) is 3.90. The highest BCUT2D eigenvalue weighted by Crippen LogP contribution is 2.16. The van der Waals surface area contributed by atoms with Gasteiger partial charge in [-0.05, 0) is 12.5 Å². The third kappa shape index (κ3) is 4.54. The Morgan fingerprint density at radius 3 is 2.47 bits per heavy atom. The van der Waals surface area contributed by atoms with Gasteiger partial charge in [-0.3, -0.25) is 4.79 Å². The van der Waals surface area contributed by atoms with Crippen molar-refractivity contribution in [3.8, 4) is 0 Å². The highest BCUT2D eigenvalue weighted by Gasteiger charge is 2.20. The Kier molecular flexibility index (Phi) is 5.66. The van der Waals surface area contributed by atoms with Gasteiger partial charge in [-0.15, -0.1) is 0 Å². The van der Waals surface area contributed by atoms with Crippen molar-refractivity contribution in [2.75, 3.05) is 20.3 Å². The summed E-state index contributed by atoms with van der Waals surface area (Å²) in [7, 11) is 1.59. The summed E-state index contributed by atoms with van der Waals surface area (Å²) in [6.45, 7) is 2.47. The lowest BCUT2D eigenvalue weighted by molar-refractivity contribution is -0.141. The minimum atomic E-state index is -0.874. The van der Waals surface area contributed by atoms with E-state index >= 15 is 0 Å². The summed E-state index contributed by atoms with van der Waals surface area (Å²) >= 11 is 0. The number of hydrogen-bond donors (Lipinski definition) is 1. The topological polar surface area (TPSA) is 55.8 Å². The van der Waals surface area contributed by atoms with Crippen LogP contribution in [-0.4, -0.2) is 37.5 Å². The van der Waals surface area contributed by atoms with Crippen molar-refractivity contribution >= 4 is 5.97 Å². The van der Waals surface area contributed by atoms with Crippen molar-refractivity contribution in [3.63, 3.8) is 0 Å². The molecule has 94 valence electrons. The standard InChI is InChI=1S/C13H18O4/c1-10(8-16-2)17-9-12(13(14)15)11-6-4-3-5-7-11/h3-7,10,12H,8-9H2,1-2H3,(H,14,15). The van der Waals surface area contributed by atoms with E-state index in [1.807, 2.05) is 25.1 Å². The summed E-state index contributed by atoms with van der Waals surface area (Å²) in [5, 5.41) is 9.16. The zero-order valence-corrected chi connectivity index (χ0v) is 10.1. The molecule has 0 radical (unpaired) electrons. The second-order valence-corrected chi connectivity index (χ2v) is 3.90. The molecule has 0 aromatic heterocycles. The fourth-order valence-corrected chi connectivity index (χ4v) is 1.54.